The molecule has 0 fully saturated rings. The summed E-state index contributed by atoms with van der Waals surface area (Å²) < 4.78 is 66.6. The maximum Gasteiger partial charge on any atom is 0.417 e. The van der Waals surface area contributed by atoms with Gasteiger partial charge < -0.3 is 14.9 Å². The minimum absolute atomic E-state index is 0.0337. The number of benzene rings is 2. The number of carbonyl (C=O) groups is 1. The van der Waals surface area contributed by atoms with E-state index in [1.54, 1.807) is 0 Å². The van der Waals surface area contributed by atoms with E-state index in [9.17, 15) is 26.7 Å². The molecule has 0 radical (unpaired) electrons. The smallest absolute Gasteiger partial charge is 0.417 e. The Bertz CT molecular complexity index is 842. The van der Waals surface area contributed by atoms with Crippen LogP contribution in [-0.4, -0.2) is 25.3 Å². The highest BCUT2D eigenvalue weighted by Gasteiger charge is 2.33. The predicted molar refractivity (Wildman–Crippen MR) is 91.7 cm³/mol. The lowest BCUT2D eigenvalue weighted by molar-refractivity contribution is -0.137. The summed E-state index contributed by atoms with van der Waals surface area (Å²) in [6.45, 7) is -3.50. The SMILES string of the molecule is O=C(CO/N=C/c1ccc(OC(F)F)cc1)Nc1ccc(Cl)c(C(F)(F)F)c1. The van der Waals surface area contributed by atoms with Crippen LogP contribution in [0.1, 0.15) is 11.1 Å². The molecule has 0 atom stereocenters. The number of rotatable bonds is 7. The number of carbonyl (C=O) groups excluding carboxylic acids is 1. The maximum atomic E-state index is 12.8. The summed E-state index contributed by atoms with van der Waals surface area (Å²) in [5, 5.41) is 5.24. The summed E-state index contributed by atoms with van der Waals surface area (Å²) in [6, 6.07) is 8.36. The van der Waals surface area contributed by atoms with Crippen molar-refractivity contribution in [2.75, 3.05) is 11.9 Å². The second-order valence-corrected chi connectivity index (χ2v) is 5.60. The lowest BCUT2D eigenvalue weighted by atomic mass is 10.2. The van der Waals surface area contributed by atoms with Crippen LogP contribution in [0.15, 0.2) is 47.6 Å². The van der Waals surface area contributed by atoms with Crippen LogP contribution in [0.25, 0.3) is 0 Å². The van der Waals surface area contributed by atoms with Gasteiger partial charge in [-0.3, -0.25) is 4.79 Å². The molecule has 1 amide bonds. The lowest BCUT2D eigenvalue weighted by Gasteiger charge is -2.11. The molecule has 2 aromatic rings. The maximum absolute atomic E-state index is 12.8. The van der Waals surface area contributed by atoms with Gasteiger partial charge in [-0.25, -0.2) is 0 Å². The molecule has 0 spiro atoms. The average Bonchev–Trinajstić information content (AvgIpc) is 2.60. The summed E-state index contributed by atoms with van der Waals surface area (Å²) in [5.74, 6) is -0.776. The first kappa shape index (κ1) is 21.4. The van der Waals surface area contributed by atoms with Gasteiger partial charge in [0.2, 0.25) is 0 Å². The van der Waals surface area contributed by atoms with E-state index in [1.807, 2.05) is 0 Å². The van der Waals surface area contributed by atoms with Crippen LogP contribution in [-0.2, 0) is 15.8 Å². The van der Waals surface area contributed by atoms with Crippen LogP contribution in [0.3, 0.4) is 0 Å². The zero-order valence-corrected chi connectivity index (χ0v) is 14.6. The standard InChI is InChI=1S/C17H12ClF5N2O3/c18-14-6-3-11(7-13(14)17(21,22)23)25-15(26)9-27-24-8-10-1-4-12(5-2-10)28-16(19)20/h1-8,16H,9H2,(H,25,26)/b24-8+. The molecule has 0 aromatic heterocycles. The topological polar surface area (TPSA) is 59.9 Å². The van der Waals surface area contributed by atoms with Gasteiger partial charge in [0.1, 0.15) is 5.75 Å². The molecule has 11 heteroatoms. The van der Waals surface area contributed by atoms with Crippen LogP contribution >= 0.6 is 11.6 Å². The number of anilines is 1. The Kier molecular flexibility index (Phi) is 7.16. The molecule has 0 aliphatic heterocycles. The van der Waals surface area contributed by atoms with Gasteiger partial charge in [-0.1, -0.05) is 16.8 Å². The minimum atomic E-state index is -4.66. The van der Waals surface area contributed by atoms with Crippen molar-refractivity contribution in [3.8, 4) is 5.75 Å². The van der Waals surface area contributed by atoms with E-state index in [0.717, 1.165) is 6.07 Å². The fourth-order valence-electron chi connectivity index (χ4n) is 1.95. The van der Waals surface area contributed by atoms with E-state index < -0.39 is 35.9 Å². The molecule has 0 aliphatic carbocycles. The number of alkyl halides is 5. The molecule has 0 unspecified atom stereocenters. The highest BCUT2D eigenvalue weighted by molar-refractivity contribution is 6.31. The molecular weight excluding hydrogens is 411 g/mol. The van der Waals surface area contributed by atoms with Crippen molar-refractivity contribution in [1.29, 1.82) is 0 Å². The number of amides is 1. The molecule has 0 saturated heterocycles. The van der Waals surface area contributed by atoms with Crippen LogP contribution in [0.5, 0.6) is 5.75 Å². The van der Waals surface area contributed by atoms with Crippen molar-refractivity contribution < 1.29 is 36.3 Å². The molecule has 0 saturated carbocycles. The summed E-state index contributed by atoms with van der Waals surface area (Å²) in [6.07, 6.45) is -3.45. The Morgan fingerprint density at radius 2 is 1.86 bits per heavy atom. The first-order valence-electron chi connectivity index (χ1n) is 7.52. The van der Waals surface area contributed by atoms with Gasteiger partial charge in [0, 0.05) is 5.69 Å². The van der Waals surface area contributed by atoms with Gasteiger partial charge in [0.25, 0.3) is 5.91 Å². The third kappa shape index (κ3) is 6.69. The molecule has 150 valence electrons. The number of ether oxygens (including phenoxy) is 1. The van der Waals surface area contributed by atoms with Gasteiger partial charge in [-0.15, -0.1) is 0 Å². The molecule has 2 rings (SSSR count). The number of nitrogens with one attached hydrogen (secondary N) is 1. The Morgan fingerprint density at radius 1 is 1.18 bits per heavy atom. The fraction of sp³-hybridized carbons (Fsp3) is 0.176. The van der Waals surface area contributed by atoms with E-state index in [0.29, 0.717) is 11.6 Å². The van der Waals surface area contributed by atoms with Crippen LogP contribution in [0.4, 0.5) is 27.6 Å². The van der Waals surface area contributed by atoms with Crippen molar-refractivity contribution >= 4 is 29.4 Å². The molecule has 5 nitrogen and oxygen atoms in total. The highest BCUT2D eigenvalue weighted by atomic mass is 35.5. The normalized spacial score (nSPS) is 11.7. The summed E-state index contributed by atoms with van der Waals surface area (Å²) >= 11 is 5.49. The van der Waals surface area contributed by atoms with E-state index in [1.165, 1.54) is 36.5 Å². The minimum Gasteiger partial charge on any atom is -0.435 e. The quantitative estimate of drug-likeness (QED) is 0.390. The number of hydrogen-bond acceptors (Lipinski definition) is 4. The fourth-order valence-corrected chi connectivity index (χ4v) is 2.17. The second-order valence-electron chi connectivity index (χ2n) is 5.20. The van der Waals surface area contributed by atoms with Gasteiger partial charge in [0.05, 0.1) is 16.8 Å². The Hall–Kier alpha value is -2.88. The monoisotopic (exact) mass is 422 g/mol. The number of nitrogens with zero attached hydrogens (tertiary/aromatic N) is 1. The van der Waals surface area contributed by atoms with Gasteiger partial charge in [-0.05, 0) is 48.0 Å². The number of halogens is 6. The number of oxime groups is 1. The zero-order chi connectivity index (χ0) is 20.7. The van der Waals surface area contributed by atoms with Gasteiger partial charge >= 0.3 is 12.8 Å². The molecule has 2 aromatic carbocycles. The first-order valence-corrected chi connectivity index (χ1v) is 7.90. The summed E-state index contributed by atoms with van der Waals surface area (Å²) in [5.41, 5.74) is -0.705. The Labute approximate surface area is 160 Å². The molecule has 0 heterocycles. The van der Waals surface area contributed by atoms with Crippen molar-refractivity contribution in [2.24, 2.45) is 5.16 Å². The Balaban J connectivity index is 1.85. The van der Waals surface area contributed by atoms with Crippen molar-refractivity contribution in [3.63, 3.8) is 0 Å². The van der Waals surface area contributed by atoms with Crippen molar-refractivity contribution in [2.45, 2.75) is 12.8 Å². The van der Waals surface area contributed by atoms with Crippen LogP contribution < -0.4 is 10.1 Å². The third-order valence-corrected chi connectivity index (χ3v) is 3.46. The van der Waals surface area contributed by atoms with Gasteiger partial charge in [-0.2, -0.15) is 22.0 Å². The van der Waals surface area contributed by atoms with E-state index in [4.69, 9.17) is 16.4 Å². The molecule has 0 bridgehead atoms. The van der Waals surface area contributed by atoms with E-state index in [-0.39, 0.29) is 11.4 Å². The van der Waals surface area contributed by atoms with E-state index >= 15 is 0 Å². The largest absolute Gasteiger partial charge is 0.435 e. The average molecular weight is 423 g/mol. The molecule has 28 heavy (non-hydrogen) atoms. The van der Waals surface area contributed by atoms with Crippen LogP contribution in [0.2, 0.25) is 5.02 Å². The summed E-state index contributed by atoms with van der Waals surface area (Å²) in [7, 11) is 0. The lowest BCUT2D eigenvalue weighted by Crippen LogP contribution is -2.17. The molecule has 1 N–H and O–H groups in total. The second kappa shape index (κ2) is 9.36. The first-order chi connectivity index (χ1) is 13.1. The van der Waals surface area contributed by atoms with Crippen LogP contribution in [0, 0.1) is 0 Å². The van der Waals surface area contributed by atoms with E-state index in [2.05, 4.69) is 15.2 Å². The predicted octanol–water partition coefficient (Wildman–Crippen LogP) is 4.95. The zero-order valence-electron chi connectivity index (χ0n) is 13.8. The third-order valence-electron chi connectivity index (χ3n) is 3.13. The number of hydrogen-bond donors (Lipinski definition) is 1. The highest BCUT2D eigenvalue weighted by Crippen LogP contribution is 2.36. The summed E-state index contributed by atoms with van der Waals surface area (Å²) in [4.78, 5) is 16.5. The van der Waals surface area contributed by atoms with Crippen molar-refractivity contribution in [1.82, 2.24) is 0 Å². The Morgan fingerprint density at radius 3 is 2.46 bits per heavy atom. The molecule has 0 aliphatic rings. The molecular formula is C17H12ClF5N2O3. The van der Waals surface area contributed by atoms with Gasteiger partial charge in [0.15, 0.2) is 6.61 Å². The van der Waals surface area contributed by atoms with Crippen molar-refractivity contribution in [3.05, 3.63) is 58.6 Å².